The van der Waals surface area contributed by atoms with Crippen molar-refractivity contribution in [2.45, 2.75) is 25.0 Å². The van der Waals surface area contributed by atoms with Gasteiger partial charge in [-0.1, -0.05) is 24.3 Å². The fraction of sp³-hybridized carbons (Fsp3) is 0.389. The molecule has 1 aromatic carbocycles. The minimum atomic E-state index is -0.835. The summed E-state index contributed by atoms with van der Waals surface area (Å²) in [6.07, 6.45) is 3.31. The van der Waals surface area contributed by atoms with E-state index in [1.807, 2.05) is 42.3 Å². The van der Waals surface area contributed by atoms with E-state index < -0.39 is 5.60 Å². The minimum Gasteiger partial charge on any atom is -0.467 e. The maximum Gasteiger partial charge on any atom is 0.193 e. The van der Waals surface area contributed by atoms with Crippen LogP contribution in [0, 0.1) is 0 Å². The van der Waals surface area contributed by atoms with Gasteiger partial charge in [0.15, 0.2) is 5.96 Å². The predicted molar refractivity (Wildman–Crippen MR) is 106 cm³/mol. The molecule has 130 valence electrons. The van der Waals surface area contributed by atoms with Crippen LogP contribution in [0.4, 0.5) is 0 Å². The van der Waals surface area contributed by atoms with Crippen molar-refractivity contribution in [3.8, 4) is 0 Å². The van der Waals surface area contributed by atoms with Crippen LogP contribution in [0.1, 0.15) is 23.3 Å². The monoisotopic (exact) mass is 441 g/mol. The number of aryl methyl sites for hydroxylation is 1. The highest BCUT2D eigenvalue weighted by molar-refractivity contribution is 14.0. The molecule has 1 aliphatic carbocycles. The number of aliphatic hydroxyl groups is 1. The van der Waals surface area contributed by atoms with Gasteiger partial charge < -0.3 is 19.7 Å². The smallest absolute Gasteiger partial charge is 0.193 e. The molecule has 0 fully saturated rings. The third kappa shape index (κ3) is 3.92. The zero-order valence-corrected chi connectivity index (χ0v) is 16.4. The largest absolute Gasteiger partial charge is 0.467 e. The van der Waals surface area contributed by atoms with Crippen LogP contribution in [0.2, 0.25) is 0 Å². The molecule has 2 N–H and O–H groups in total. The molecule has 1 unspecified atom stereocenters. The van der Waals surface area contributed by atoms with Crippen molar-refractivity contribution in [1.29, 1.82) is 0 Å². The molecule has 6 heteroatoms. The highest BCUT2D eigenvalue weighted by atomic mass is 127. The molecule has 2 aromatic rings. The second-order valence-corrected chi connectivity index (χ2v) is 6.02. The first-order valence-electron chi connectivity index (χ1n) is 7.87. The Labute approximate surface area is 159 Å². The lowest BCUT2D eigenvalue weighted by atomic mass is 9.96. The molecule has 0 saturated carbocycles. The van der Waals surface area contributed by atoms with Crippen LogP contribution in [-0.4, -0.2) is 36.6 Å². The summed E-state index contributed by atoms with van der Waals surface area (Å²) in [7, 11) is 3.69. The predicted octanol–water partition coefficient (Wildman–Crippen LogP) is 2.74. The minimum absolute atomic E-state index is 0. The molecule has 0 radical (unpaired) electrons. The van der Waals surface area contributed by atoms with Crippen molar-refractivity contribution < 1.29 is 9.52 Å². The molecule has 3 rings (SSSR count). The maximum absolute atomic E-state index is 11.0. The third-order valence-corrected chi connectivity index (χ3v) is 4.41. The summed E-state index contributed by atoms with van der Waals surface area (Å²) in [4.78, 5) is 6.27. The van der Waals surface area contributed by atoms with Gasteiger partial charge in [-0.3, -0.25) is 4.99 Å². The quantitative estimate of drug-likeness (QED) is 0.435. The van der Waals surface area contributed by atoms with E-state index in [2.05, 4.69) is 16.4 Å². The highest BCUT2D eigenvalue weighted by Crippen LogP contribution is 2.36. The number of guanidine groups is 1. The van der Waals surface area contributed by atoms with Crippen molar-refractivity contribution in [3.05, 3.63) is 59.5 Å². The molecule has 0 spiro atoms. The van der Waals surface area contributed by atoms with Crippen LogP contribution in [0.5, 0.6) is 0 Å². The molecule has 1 heterocycles. The number of aliphatic imine (C=N–C) groups is 1. The standard InChI is InChI=1S/C18H23N3O2.HI/c1-19-17(21(2)12-15-7-5-11-23-15)20-13-18(22)10-9-14-6-3-4-8-16(14)18;/h3-8,11,22H,9-10,12-13H2,1-2H3,(H,19,20);1H. The van der Waals surface area contributed by atoms with Gasteiger partial charge >= 0.3 is 0 Å². The van der Waals surface area contributed by atoms with Gasteiger partial charge in [-0.15, -0.1) is 24.0 Å². The number of benzene rings is 1. The fourth-order valence-electron chi connectivity index (χ4n) is 3.17. The SMILES string of the molecule is CN=C(NCC1(O)CCc2ccccc21)N(C)Cc1ccco1.I. The zero-order chi connectivity index (χ0) is 16.3. The number of hydrogen-bond acceptors (Lipinski definition) is 3. The Hall–Kier alpha value is -1.54. The van der Waals surface area contributed by atoms with Gasteiger partial charge in [0, 0.05) is 14.1 Å². The van der Waals surface area contributed by atoms with E-state index >= 15 is 0 Å². The van der Waals surface area contributed by atoms with Crippen molar-refractivity contribution in [2.75, 3.05) is 20.6 Å². The summed E-state index contributed by atoms with van der Waals surface area (Å²) in [5.41, 5.74) is 1.42. The average molecular weight is 441 g/mol. The Morgan fingerprint density at radius 1 is 1.33 bits per heavy atom. The van der Waals surface area contributed by atoms with E-state index in [1.165, 1.54) is 5.56 Å². The maximum atomic E-state index is 11.0. The Kier molecular flexibility index (Phi) is 6.28. The average Bonchev–Trinajstić information content (AvgIpc) is 3.17. The first kappa shape index (κ1) is 18.8. The van der Waals surface area contributed by atoms with E-state index in [4.69, 9.17) is 4.42 Å². The molecule has 0 saturated heterocycles. The van der Waals surface area contributed by atoms with Crippen molar-refractivity contribution in [3.63, 3.8) is 0 Å². The Bertz CT molecular complexity index is 687. The highest BCUT2D eigenvalue weighted by Gasteiger charge is 2.36. The van der Waals surface area contributed by atoms with Crippen molar-refractivity contribution in [1.82, 2.24) is 10.2 Å². The van der Waals surface area contributed by atoms with Crippen LogP contribution >= 0.6 is 24.0 Å². The van der Waals surface area contributed by atoms with Crippen LogP contribution in [0.15, 0.2) is 52.1 Å². The molecule has 1 aromatic heterocycles. The number of furan rings is 1. The van der Waals surface area contributed by atoms with Gasteiger partial charge in [-0.05, 0) is 36.1 Å². The van der Waals surface area contributed by atoms with Gasteiger partial charge in [0.1, 0.15) is 11.4 Å². The summed E-state index contributed by atoms with van der Waals surface area (Å²) in [6.45, 7) is 1.07. The first-order valence-corrected chi connectivity index (χ1v) is 7.87. The number of halogens is 1. The van der Waals surface area contributed by atoms with Gasteiger partial charge in [0.05, 0.1) is 19.4 Å². The second kappa shape index (κ2) is 8.02. The Morgan fingerprint density at radius 3 is 2.83 bits per heavy atom. The molecule has 0 aliphatic heterocycles. The molecular weight excluding hydrogens is 417 g/mol. The number of hydrogen-bond donors (Lipinski definition) is 2. The third-order valence-electron chi connectivity index (χ3n) is 4.41. The zero-order valence-electron chi connectivity index (χ0n) is 14.0. The first-order chi connectivity index (χ1) is 11.1. The van der Waals surface area contributed by atoms with Crippen LogP contribution in [-0.2, 0) is 18.6 Å². The van der Waals surface area contributed by atoms with E-state index in [-0.39, 0.29) is 24.0 Å². The van der Waals surface area contributed by atoms with Crippen LogP contribution in [0.25, 0.3) is 0 Å². The summed E-state index contributed by atoms with van der Waals surface area (Å²) in [5.74, 6) is 1.61. The molecule has 24 heavy (non-hydrogen) atoms. The summed E-state index contributed by atoms with van der Waals surface area (Å²) in [6, 6.07) is 11.9. The molecule has 5 nitrogen and oxygen atoms in total. The normalized spacial score (nSPS) is 19.5. The van der Waals surface area contributed by atoms with Crippen molar-refractivity contribution in [2.24, 2.45) is 4.99 Å². The van der Waals surface area contributed by atoms with E-state index in [0.717, 1.165) is 30.1 Å². The number of nitrogens with one attached hydrogen (secondary N) is 1. The lowest BCUT2D eigenvalue weighted by molar-refractivity contribution is 0.0426. The number of rotatable bonds is 4. The van der Waals surface area contributed by atoms with Crippen LogP contribution < -0.4 is 5.32 Å². The summed E-state index contributed by atoms with van der Waals surface area (Å²) in [5, 5.41) is 14.3. The topological polar surface area (TPSA) is 61.0 Å². The van der Waals surface area contributed by atoms with Gasteiger partial charge in [0.2, 0.25) is 0 Å². The molecule has 0 bridgehead atoms. The lowest BCUT2D eigenvalue weighted by Crippen LogP contribution is -2.45. The van der Waals surface area contributed by atoms with Gasteiger partial charge in [-0.2, -0.15) is 0 Å². The molecule has 1 aliphatic rings. The van der Waals surface area contributed by atoms with Crippen molar-refractivity contribution >= 4 is 29.9 Å². The van der Waals surface area contributed by atoms with E-state index in [1.54, 1.807) is 13.3 Å². The van der Waals surface area contributed by atoms with Crippen LogP contribution in [0.3, 0.4) is 0 Å². The molecule has 1 atom stereocenters. The Balaban J connectivity index is 0.00000208. The lowest BCUT2D eigenvalue weighted by Gasteiger charge is -2.28. The summed E-state index contributed by atoms with van der Waals surface area (Å²) >= 11 is 0. The van der Waals surface area contributed by atoms with E-state index in [9.17, 15) is 5.11 Å². The molecule has 0 amide bonds. The number of fused-ring (bicyclic) bond motifs is 1. The fourth-order valence-corrected chi connectivity index (χ4v) is 3.17. The number of nitrogens with zero attached hydrogens (tertiary/aromatic N) is 2. The van der Waals surface area contributed by atoms with Gasteiger partial charge in [-0.25, -0.2) is 0 Å². The van der Waals surface area contributed by atoms with Gasteiger partial charge in [0.25, 0.3) is 0 Å². The molecular formula is C18H24IN3O2. The Morgan fingerprint density at radius 2 is 2.12 bits per heavy atom. The summed E-state index contributed by atoms with van der Waals surface area (Å²) < 4.78 is 5.37. The second-order valence-electron chi connectivity index (χ2n) is 6.02. The van der Waals surface area contributed by atoms with E-state index in [0.29, 0.717) is 13.1 Å².